The second-order valence-corrected chi connectivity index (χ2v) is 6.64. The SMILES string of the molecule is Cc1ccc(-c2c(F)cc(-c3ccc(CCCCF)cc3F)cc2F)cc1. The minimum absolute atomic E-state index is 0.123. The smallest absolute Gasteiger partial charge is 0.134 e. The van der Waals surface area contributed by atoms with Crippen molar-refractivity contribution in [2.24, 2.45) is 0 Å². The molecule has 0 aliphatic carbocycles. The van der Waals surface area contributed by atoms with Crippen LogP contribution in [0.1, 0.15) is 24.0 Å². The van der Waals surface area contributed by atoms with E-state index in [1.807, 2.05) is 6.92 Å². The van der Waals surface area contributed by atoms with Crippen LogP contribution in [0.25, 0.3) is 22.3 Å². The number of hydrogen-bond acceptors (Lipinski definition) is 0. The maximum absolute atomic E-state index is 14.6. The van der Waals surface area contributed by atoms with Gasteiger partial charge in [-0.25, -0.2) is 13.2 Å². The second-order valence-electron chi connectivity index (χ2n) is 6.64. The highest BCUT2D eigenvalue weighted by atomic mass is 19.1. The molecule has 0 bridgehead atoms. The molecule has 0 aliphatic rings. The Labute approximate surface area is 156 Å². The van der Waals surface area contributed by atoms with Gasteiger partial charge >= 0.3 is 0 Å². The van der Waals surface area contributed by atoms with Gasteiger partial charge in [-0.3, -0.25) is 4.39 Å². The molecule has 140 valence electrons. The number of rotatable bonds is 6. The summed E-state index contributed by atoms with van der Waals surface area (Å²) in [4.78, 5) is 0. The summed E-state index contributed by atoms with van der Waals surface area (Å²) in [6.07, 6.45) is 1.63. The molecule has 3 aromatic carbocycles. The molecule has 3 aromatic rings. The van der Waals surface area contributed by atoms with E-state index in [1.54, 1.807) is 30.3 Å². The van der Waals surface area contributed by atoms with Gasteiger partial charge in [-0.2, -0.15) is 0 Å². The topological polar surface area (TPSA) is 0 Å². The summed E-state index contributed by atoms with van der Waals surface area (Å²) in [6, 6.07) is 13.7. The number of benzene rings is 3. The number of halogens is 4. The van der Waals surface area contributed by atoms with E-state index in [0.29, 0.717) is 24.8 Å². The predicted octanol–water partition coefficient (Wildman–Crippen LogP) is 7.04. The first-order valence-electron chi connectivity index (χ1n) is 8.90. The van der Waals surface area contributed by atoms with Crippen molar-refractivity contribution in [3.8, 4) is 22.3 Å². The van der Waals surface area contributed by atoms with Crippen LogP contribution in [0.3, 0.4) is 0 Å². The normalized spacial score (nSPS) is 11.0. The zero-order chi connectivity index (χ0) is 19.4. The largest absolute Gasteiger partial charge is 0.251 e. The van der Waals surface area contributed by atoms with E-state index in [0.717, 1.165) is 23.3 Å². The number of alkyl halides is 1. The van der Waals surface area contributed by atoms with E-state index in [4.69, 9.17) is 0 Å². The summed E-state index contributed by atoms with van der Waals surface area (Å²) in [6.45, 7) is 1.50. The van der Waals surface area contributed by atoms with Gasteiger partial charge < -0.3 is 0 Å². The van der Waals surface area contributed by atoms with Crippen molar-refractivity contribution in [1.29, 1.82) is 0 Å². The number of hydrogen-bond donors (Lipinski definition) is 0. The highest BCUT2D eigenvalue weighted by Gasteiger charge is 2.16. The third kappa shape index (κ3) is 4.38. The Morgan fingerprint density at radius 2 is 1.37 bits per heavy atom. The van der Waals surface area contributed by atoms with E-state index < -0.39 is 24.1 Å². The molecule has 4 heteroatoms. The fraction of sp³-hybridized carbons (Fsp3) is 0.217. The third-order valence-corrected chi connectivity index (χ3v) is 4.58. The van der Waals surface area contributed by atoms with Gasteiger partial charge in [-0.1, -0.05) is 42.0 Å². The van der Waals surface area contributed by atoms with E-state index in [1.165, 1.54) is 12.1 Å². The Hall–Kier alpha value is -2.62. The Bertz CT molecular complexity index is 907. The zero-order valence-corrected chi connectivity index (χ0v) is 15.0. The van der Waals surface area contributed by atoms with Crippen molar-refractivity contribution >= 4 is 0 Å². The van der Waals surface area contributed by atoms with Crippen molar-refractivity contribution in [3.63, 3.8) is 0 Å². The lowest BCUT2D eigenvalue weighted by molar-refractivity contribution is 0.462. The second kappa shape index (κ2) is 8.38. The quantitative estimate of drug-likeness (QED) is 0.322. The summed E-state index contributed by atoms with van der Waals surface area (Å²) in [5.74, 6) is -2.02. The standard InChI is InChI=1S/C23H20F4/c1-15-5-8-17(9-6-15)23-21(26)13-18(14-22(23)27)19-10-7-16(12-20(19)25)4-2-3-11-24/h5-10,12-14H,2-4,11H2,1H3. The molecule has 0 fully saturated rings. The molecule has 0 radical (unpaired) electrons. The van der Waals surface area contributed by atoms with E-state index in [2.05, 4.69) is 0 Å². The van der Waals surface area contributed by atoms with Gasteiger partial charge in [0.2, 0.25) is 0 Å². The van der Waals surface area contributed by atoms with E-state index in [-0.39, 0.29) is 16.7 Å². The van der Waals surface area contributed by atoms with Gasteiger partial charge in [-0.05, 0) is 61.1 Å². The molecule has 0 unspecified atom stereocenters. The van der Waals surface area contributed by atoms with E-state index in [9.17, 15) is 17.6 Å². The van der Waals surface area contributed by atoms with Crippen LogP contribution in [0.5, 0.6) is 0 Å². The van der Waals surface area contributed by atoms with Gasteiger partial charge in [0.15, 0.2) is 0 Å². The molecular weight excluding hydrogens is 352 g/mol. The van der Waals surface area contributed by atoms with Gasteiger partial charge in [-0.15, -0.1) is 0 Å². The summed E-state index contributed by atoms with van der Waals surface area (Å²) in [5.41, 5.74) is 2.32. The average molecular weight is 372 g/mol. The molecule has 0 spiro atoms. The zero-order valence-electron chi connectivity index (χ0n) is 15.0. The molecule has 0 saturated heterocycles. The van der Waals surface area contributed by atoms with Crippen molar-refractivity contribution in [3.05, 3.63) is 83.2 Å². The molecule has 0 amide bonds. The summed E-state index contributed by atoms with van der Waals surface area (Å²) < 4.78 is 55.8. The molecule has 0 aliphatic heterocycles. The molecule has 27 heavy (non-hydrogen) atoms. The maximum atomic E-state index is 14.6. The van der Waals surface area contributed by atoms with Crippen molar-refractivity contribution in [2.75, 3.05) is 6.67 Å². The fourth-order valence-electron chi connectivity index (χ4n) is 3.10. The van der Waals surface area contributed by atoms with Gasteiger partial charge in [0.1, 0.15) is 17.5 Å². The molecule has 0 nitrogen and oxygen atoms in total. The van der Waals surface area contributed by atoms with Crippen molar-refractivity contribution < 1.29 is 17.6 Å². The average Bonchev–Trinajstić information content (AvgIpc) is 2.63. The summed E-state index contributed by atoms with van der Waals surface area (Å²) >= 11 is 0. The van der Waals surface area contributed by atoms with Crippen molar-refractivity contribution in [2.45, 2.75) is 26.2 Å². The first kappa shape index (κ1) is 19.2. The van der Waals surface area contributed by atoms with Crippen LogP contribution < -0.4 is 0 Å². The minimum Gasteiger partial charge on any atom is -0.251 e. The monoisotopic (exact) mass is 372 g/mol. The van der Waals surface area contributed by atoms with Crippen LogP contribution in [0, 0.1) is 24.4 Å². The van der Waals surface area contributed by atoms with E-state index >= 15 is 0 Å². The molecule has 0 saturated carbocycles. The molecule has 0 aromatic heterocycles. The van der Waals surface area contributed by atoms with Crippen LogP contribution in [0.15, 0.2) is 54.6 Å². The van der Waals surface area contributed by atoms with Crippen LogP contribution >= 0.6 is 0 Å². The molecule has 0 N–H and O–H groups in total. The lowest BCUT2D eigenvalue weighted by atomic mass is 9.97. The molecule has 0 heterocycles. The maximum Gasteiger partial charge on any atom is 0.134 e. The van der Waals surface area contributed by atoms with Crippen LogP contribution in [0.2, 0.25) is 0 Å². The van der Waals surface area contributed by atoms with Gasteiger partial charge in [0.05, 0.1) is 12.2 Å². The number of unbranched alkanes of at least 4 members (excludes halogenated alkanes) is 1. The van der Waals surface area contributed by atoms with Gasteiger partial charge in [0.25, 0.3) is 0 Å². The van der Waals surface area contributed by atoms with Gasteiger partial charge in [0, 0.05) is 5.56 Å². The number of aryl methyl sites for hydroxylation is 2. The lowest BCUT2D eigenvalue weighted by Crippen LogP contribution is -1.95. The molecule has 0 atom stereocenters. The third-order valence-electron chi connectivity index (χ3n) is 4.58. The van der Waals surface area contributed by atoms with Crippen LogP contribution in [0.4, 0.5) is 17.6 Å². The lowest BCUT2D eigenvalue weighted by Gasteiger charge is -2.11. The minimum atomic E-state index is -0.736. The Kier molecular flexibility index (Phi) is 5.94. The Morgan fingerprint density at radius 1 is 0.704 bits per heavy atom. The highest BCUT2D eigenvalue weighted by molar-refractivity contribution is 5.72. The summed E-state index contributed by atoms with van der Waals surface area (Å²) in [7, 11) is 0. The highest BCUT2D eigenvalue weighted by Crippen LogP contribution is 2.32. The Balaban J connectivity index is 1.93. The first-order chi connectivity index (χ1) is 13.0. The molecular formula is C23H20F4. The molecule has 3 rings (SSSR count). The van der Waals surface area contributed by atoms with Crippen molar-refractivity contribution in [1.82, 2.24) is 0 Å². The fourth-order valence-corrected chi connectivity index (χ4v) is 3.10. The summed E-state index contributed by atoms with van der Waals surface area (Å²) in [5, 5.41) is 0. The van der Waals surface area contributed by atoms with Crippen LogP contribution in [-0.2, 0) is 6.42 Å². The van der Waals surface area contributed by atoms with Crippen LogP contribution in [-0.4, -0.2) is 6.67 Å². The Morgan fingerprint density at radius 3 is 1.96 bits per heavy atom. The predicted molar refractivity (Wildman–Crippen MR) is 101 cm³/mol. The first-order valence-corrected chi connectivity index (χ1v) is 8.90.